The average molecular weight is 294 g/mol. The van der Waals surface area contributed by atoms with E-state index in [-0.39, 0.29) is 0 Å². The van der Waals surface area contributed by atoms with Gasteiger partial charge in [0.1, 0.15) is 0 Å². The van der Waals surface area contributed by atoms with Gasteiger partial charge in [-0.25, -0.2) is 0 Å². The number of aromatic nitrogens is 3. The van der Waals surface area contributed by atoms with Gasteiger partial charge in [-0.3, -0.25) is 4.68 Å². The normalized spacial score (nSPS) is 10.8. The van der Waals surface area contributed by atoms with E-state index in [1.807, 2.05) is 13.2 Å². The van der Waals surface area contributed by atoms with E-state index < -0.39 is 0 Å². The summed E-state index contributed by atoms with van der Waals surface area (Å²) in [6.45, 7) is 2.17. The first kappa shape index (κ1) is 12.3. The standard InChI is InChI=1S/C13H16BrN3/c1-3-11-6-4-10(8-13(11)14)5-7-12-9-17(2)16-15-12/h4,6,8-9H,3,5,7H2,1-2H3. The lowest BCUT2D eigenvalue weighted by Gasteiger charge is -2.04. The molecule has 0 unspecified atom stereocenters. The van der Waals surface area contributed by atoms with Crippen molar-refractivity contribution in [1.82, 2.24) is 15.0 Å². The molecule has 4 heteroatoms. The first-order chi connectivity index (χ1) is 8.19. The summed E-state index contributed by atoms with van der Waals surface area (Å²) in [5.74, 6) is 0. The van der Waals surface area contributed by atoms with Crippen molar-refractivity contribution in [3.8, 4) is 0 Å². The maximum atomic E-state index is 4.09. The van der Waals surface area contributed by atoms with E-state index in [0.717, 1.165) is 25.0 Å². The molecule has 0 amide bonds. The van der Waals surface area contributed by atoms with Crippen LogP contribution in [-0.4, -0.2) is 15.0 Å². The highest BCUT2D eigenvalue weighted by Crippen LogP contribution is 2.19. The zero-order valence-corrected chi connectivity index (χ0v) is 11.7. The molecule has 0 fully saturated rings. The summed E-state index contributed by atoms with van der Waals surface area (Å²) >= 11 is 3.61. The number of halogens is 1. The van der Waals surface area contributed by atoms with Crippen molar-refractivity contribution in [2.45, 2.75) is 26.2 Å². The van der Waals surface area contributed by atoms with Crippen molar-refractivity contribution >= 4 is 15.9 Å². The summed E-state index contributed by atoms with van der Waals surface area (Å²) < 4.78 is 2.95. The molecule has 2 aromatic rings. The molecule has 0 N–H and O–H groups in total. The van der Waals surface area contributed by atoms with Gasteiger partial charge in [-0.1, -0.05) is 40.2 Å². The van der Waals surface area contributed by atoms with Gasteiger partial charge in [-0.2, -0.15) is 0 Å². The molecule has 0 radical (unpaired) electrons. The summed E-state index contributed by atoms with van der Waals surface area (Å²) in [7, 11) is 1.89. The zero-order valence-electron chi connectivity index (χ0n) is 10.2. The second-order valence-electron chi connectivity index (χ2n) is 4.16. The van der Waals surface area contributed by atoms with E-state index in [1.165, 1.54) is 15.6 Å². The van der Waals surface area contributed by atoms with Gasteiger partial charge in [0.05, 0.1) is 5.69 Å². The summed E-state index contributed by atoms with van der Waals surface area (Å²) in [6, 6.07) is 6.59. The molecular weight excluding hydrogens is 278 g/mol. The Bertz CT molecular complexity index is 505. The molecule has 0 aliphatic carbocycles. The summed E-state index contributed by atoms with van der Waals surface area (Å²) in [6.07, 6.45) is 4.97. The third kappa shape index (κ3) is 3.16. The Morgan fingerprint density at radius 3 is 2.71 bits per heavy atom. The molecule has 1 aromatic carbocycles. The smallest absolute Gasteiger partial charge is 0.0830 e. The predicted octanol–water partition coefficient (Wildman–Crippen LogP) is 2.93. The molecule has 90 valence electrons. The lowest BCUT2D eigenvalue weighted by Crippen LogP contribution is -1.93. The lowest BCUT2D eigenvalue weighted by molar-refractivity contribution is 0.713. The minimum atomic E-state index is 0.936. The molecule has 0 aliphatic heterocycles. The molecule has 0 bridgehead atoms. The number of hydrogen-bond donors (Lipinski definition) is 0. The predicted molar refractivity (Wildman–Crippen MR) is 71.9 cm³/mol. The first-order valence-electron chi connectivity index (χ1n) is 5.81. The van der Waals surface area contributed by atoms with Gasteiger partial charge in [0.2, 0.25) is 0 Å². The topological polar surface area (TPSA) is 30.7 Å². The van der Waals surface area contributed by atoms with Crippen molar-refractivity contribution < 1.29 is 0 Å². The maximum absolute atomic E-state index is 4.09. The Balaban J connectivity index is 2.02. The Morgan fingerprint density at radius 2 is 2.12 bits per heavy atom. The largest absolute Gasteiger partial charge is 0.255 e. The summed E-state index contributed by atoms with van der Waals surface area (Å²) in [5.41, 5.74) is 3.73. The molecule has 0 saturated heterocycles. The van der Waals surface area contributed by atoms with Gasteiger partial charge in [0, 0.05) is 17.7 Å². The van der Waals surface area contributed by atoms with Gasteiger partial charge >= 0.3 is 0 Å². The molecule has 0 aliphatic rings. The van der Waals surface area contributed by atoms with Crippen LogP contribution in [0.2, 0.25) is 0 Å². The number of aryl methyl sites for hydroxylation is 4. The fourth-order valence-corrected chi connectivity index (χ4v) is 2.52. The molecule has 1 heterocycles. The summed E-state index contributed by atoms with van der Waals surface area (Å²) in [5, 5.41) is 8.02. The van der Waals surface area contributed by atoms with E-state index in [4.69, 9.17) is 0 Å². The molecule has 0 spiro atoms. The van der Waals surface area contributed by atoms with Gasteiger partial charge in [-0.05, 0) is 36.5 Å². The molecule has 17 heavy (non-hydrogen) atoms. The fraction of sp³-hybridized carbons (Fsp3) is 0.385. The van der Waals surface area contributed by atoms with Gasteiger partial charge in [-0.15, -0.1) is 5.10 Å². The number of hydrogen-bond acceptors (Lipinski definition) is 2. The Labute approximate surface area is 110 Å². The maximum Gasteiger partial charge on any atom is 0.0830 e. The van der Waals surface area contributed by atoms with Crippen molar-refractivity contribution in [1.29, 1.82) is 0 Å². The van der Waals surface area contributed by atoms with Gasteiger partial charge in [0.15, 0.2) is 0 Å². The van der Waals surface area contributed by atoms with Crippen LogP contribution in [0.5, 0.6) is 0 Å². The van der Waals surface area contributed by atoms with E-state index in [2.05, 4.69) is 51.4 Å². The third-order valence-corrected chi connectivity index (χ3v) is 3.56. The summed E-state index contributed by atoms with van der Waals surface area (Å²) in [4.78, 5) is 0. The second kappa shape index (κ2) is 5.45. The minimum absolute atomic E-state index is 0.936. The third-order valence-electron chi connectivity index (χ3n) is 2.82. The van der Waals surface area contributed by atoms with Gasteiger partial charge < -0.3 is 0 Å². The SMILES string of the molecule is CCc1ccc(CCc2cn(C)nn2)cc1Br. The highest BCUT2D eigenvalue weighted by Gasteiger charge is 2.02. The Kier molecular flexibility index (Phi) is 3.94. The van der Waals surface area contributed by atoms with Crippen LogP contribution >= 0.6 is 15.9 Å². The van der Waals surface area contributed by atoms with E-state index in [0.29, 0.717) is 0 Å². The molecule has 2 rings (SSSR count). The van der Waals surface area contributed by atoms with Crippen molar-refractivity contribution in [2.24, 2.45) is 7.05 Å². The van der Waals surface area contributed by atoms with Crippen molar-refractivity contribution in [3.05, 3.63) is 45.7 Å². The Hall–Kier alpha value is -1.16. The van der Waals surface area contributed by atoms with Crippen LogP contribution in [0.1, 0.15) is 23.7 Å². The second-order valence-corrected chi connectivity index (χ2v) is 5.02. The minimum Gasteiger partial charge on any atom is -0.255 e. The van der Waals surface area contributed by atoms with Crippen molar-refractivity contribution in [2.75, 3.05) is 0 Å². The van der Waals surface area contributed by atoms with Crippen LogP contribution in [0, 0.1) is 0 Å². The molecule has 0 atom stereocenters. The van der Waals surface area contributed by atoms with Crippen LogP contribution in [0.3, 0.4) is 0 Å². The van der Waals surface area contributed by atoms with Crippen LogP contribution in [0.15, 0.2) is 28.9 Å². The van der Waals surface area contributed by atoms with Gasteiger partial charge in [0.25, 0.3) is 0 Å². The number of benzene rings is 1. The van der Waals surface area contributed by atoms with Crippen molar-refractivity contribution in [3.63, 3.8) is 0 Å². The highest BCUT2D eigenvalue weighted by molar-refractivity contribution is 9.10. The number of nitrogens with zero attached hydrogens (tertiary/aromatic N) is 3. The molecule has 3 nitrogen and oxygen atoms in total. The quantitative estimate of drug-likeness (QED) is 0.868. The van der Waals surface area contributed by atoms with E-state index >= 15 is 0 Å². The van der Waals surface area contributed by atoms with Crippen LogP contribution in [0.25, 0.3) is 0 Å². The van der Waals surface area contributed by atoms with E-state index in [1.54, 1.807) is 4.68 Å². The van der Waals surface area contributed by atoms with Crippen LogP contribution in [0.4, 0.5) is 0 Å². The first-order valence-corrected chi connectivity index (χ1v) is 6.61. The number of rotatable bonds is 4. The lowest BCUT2D eigenvalue weighted by atomic mass is 10.1. The van der Waals surface area contributed by atoms with Crippen LogP contribution in [-0.2, 0) is 26.3 Å². The monoisotopic (exact) mass is 293 g/mol. The average Bonchev–Trinajstić information content (AvgIpc) is 2.73. The van der Waals surface area contributed by atoms with E-state index in [9.17, 15) is 0 Å². The fourth-order valence-electron chi connectivity index (χ4n) is 1.82. The molecular formula is C13H16BrN3. The van der Waals surface area contributed by atoms with Crippen LogP contribution < -0.4 is 0 Å². The molecule has 1 aromatic heterocycles. The highest BCUT2D eigenvalue weighted by atomic mass is 79.9. The Morgan fingerprint density at radius 1 is 1.29 bits per heavy atom. The zero-order chi connectivity index (χ0) is 12.3. The molecule has 0 saturated carbocycles.